The number of ether oxygens (including phenoxy) is 2. The molecule has 3 rings (SSSR count). The third-order valence-corrected chi connectivity index (χ3v) is 4.86. The van der Waals surface area contributed by atoms with Gasteiger partial charge >= 0.3 is 11.8 Å². The van der Waals surface area contributed by atoms with Crippen molar-refractivity contribution in [1.29, 1.82) is 0 Å². The maximum Gasteiger partial charge on any atom is 0.329 e. The average molecular weight is 475 g/mol. The maximum absolute atomic E-state index is 12.1. The molecule has 0 fully saturated rings. The highest BCUT2D eigenvalue weighted by atomic mass is 16.5. The van der Waals surface area contributed by atoms with Crippen LogP contribution >= 0.6 is 0 Å². The van der Waals surface area contributed by atoms with Crippen molar-refractivity contribution in [2.75, 3.05) is 19.0 Å². The lowest BCUT2D eigenvalue weighted by molar-refractivity contribution is -0.136. The van der Waals surface area contributed by atoms with E-state index in [0.717, 1.165) is 5.56 Å². The molecule has 0 heterocycles. The third-order valence-electron chi connectivity index (χ3n) is 4.86. The van der Waals surface area contributed by atoms with Crippen molar-refractivity contribution >= 4 is 29.6 Å². The number of methoxy groups -OCH3 is 1. The molecule has 3 N–H and O–H groups in total. The third kappa shape index (κ3) is 8.01. The lowest BCUT2D eigenvalue weighted by Gasteiger charge is -2.14. The molecule has 1 atom stereocenters. The molecule has 0 spiro atoms. The largest absolute Gasteiger partial charge is 0.497 e. The molecule has 3 aromatic rings. The van der Waals surface area contributed by atoms with E-state index in [1.165, 1.54) is 13.3 Å². The Kier molecular flexibility index (Phi) is 8.95. The zero-order chi connectivity index (χ0) is 25.0. The molecule has 9 nitrogen and oxygen atoms in total. The number of anilines is 1. The summed E-state index contributed by atoms with van der Waals surface area (Å²) in [6, 6.07) is 22.8. The van der Waals surface area contributed by atoms with Crippen molar-refractivity contribution in [1.82, 2.24) is 10.7 Å². The van der Waals surface area contributed by atoms with Crippen LogP contribution in [0.5, 0.6) is 11.5 Å². The van der Waals surface area contributed by atoms with Crippen LogP contribution in [0.25, 0.3) is 0 Å². The van der Waals surface area contributed by atoms with E-state index in [0.29, 0.717) is 22.7 Å². The zero-order valence-electron chi connectivity index (χ0n) is 19.4. The van der Waals surface area contributed by atoms with E-state index in [1.54, 1.807) is 48.5 Å². The van der Waals surface area contributed by atoms with Crippen LogP contribution in [0.1, 0.15) is 24.1 Å². The molecule has 0 aliphatic carbocycles. The fourth-order valence-corrected chi connectivity index (χ4v) is 2.99. The molecule has 0 bridgehead atoms. The van der Waals surface area contributed by atoms with Gasteiger partial charge in [-0.2, -0.15) is 5.10 Å². The van der Waals surface area contributed by atoms with Crippen molar-refractivity contribution in [3.8, 4) is 11.5 Å². The topological polar surface area (TPSA) is 118 Å². The Bertz CT molecular complexity index is 1160. The number of carbonyl (C=O) groups is 3. The van der Waals surface area contributed by atoms with Crippen molar-refractivity contribution in [2.24, 2.45) is 5.10 Å². The Balaban J connectivity index is 1.41. The predicted octanol–water partition coefficient (Wildman–Crippen LogP) is 3.04. The highest BCUT2D eigenvalue weighted by Gasteiger charge is 2.13. The van der Waals surface area contributed by atoms with Gasteiger partial charge in [0.15, 0.2) is 6.61 Å². The van der Waals surface area contributed by atoms with E-state index in [9.17, 15) is 14.4 Å². The molecule has 9 heteroatoms. The fourth-order valence-electron chi connectivity index (χ4n) is 2.99. The van der Waals surface area contributed by atoms with Gasteiger partial charge in [0, 0.05) is 5.69 Å². The van der Waals surface area contributed by atoms with Gasteiger partial charge in [-0.15, -0.1) is 0 Å². The van der Waals surface area contributed by atoms with Gasteiger partial charge < -0.3 is 20.1 Å². The second kappa shape index (κ2) is 12.5. The Hall–Kier alpha value is -4.66. The first-order valence-corrected chi connectivity index (χ1v) is 10.8. The van der Waals surface area contributed by atoms with Crippen LogP contribution in [0, 0.1) is 0 Å². The number of carbonyl (C=O) groups excluding carboxylic acids is 3. The lowest BCUT2D eigenvalue weighted by atomic mass is 10.1. The molecular weight excluding hydrogens is 448 g/mol. The summed E-state index contributed by atoms with van der Waals surface area (Å²) in [7, 11) is 1.53. The SMILES string of the molecule is COc1ccc(NC(=O)C(=O)N/N=C\c2ccc(OCC(=O)N[C@H](C)c3ccccc3)cc2)cc1. The number of amides is 3. The molecule has 180 valence electrons. The molecule has 0 aliphatic rings. The molecule has 0 aromatic heterocycles. The zero-order valence-corrected chi connectivity index (χ0v) is 19.4. The van der Waals surface area contributed by atoms with Crippen LogP contribution in [0.4, 0.5) is 5.69 Å². The predicted molar refractivity (Wildman–Crippen MR) is 132 cm³/mol. The summed E-state index contributed by atoms with van der Waals surface area (Å²) >= 11 is 0. The summed E-state index contributed by atoms with van der Waals surface area (Å²) in [5.41, 5.74) is 4.29. The Morgan fingerprint density at radius 3 is 2.20 bits per heavy atom. The minimum atomic E-state index is -0.909. The fraction of sp³-hybridized carbons (Fsp3) is 0.154. The molecule has 0 saturated heterocycles. The summed E-state index contributed by atoms with van der Waals surface area (Å²) in [4.78, 5) is 36.0. The second-order valence-corrected chi connectivity index (χ2v) is 7.44. The number of hydrogen-bond acceptors (Lipinski definition) is 6. The first-order valence-electron chi connectivity index (χ1n) is 10.8. The quantitative estimate of drug-likeness (QED) is 0.250. The molecule has 3 aromatic carbocycles. The Labute approximate surface area is 203 Å². The summed E-state index contributed by atoms with van der Waals surface area (Å²) in [5, 5.41) is 9.13. The van der Waals surface area contributed by atoms with E-state index in [1.807, 2.05) is 37.3 Å². The minimum Gasteiger partial charge on any atom is -0.497 e. The van der Waals surface area contributed by atoms with E-state index < -0.39 is 11.8 Å². The number of nitrogens with one attached hydrogen (secondary N) is 3. The van der Waals surface area contributed by atoms with Gasteiger partial charge in [-0.25, -0.2) is 5.43 Å². The van der Waals surface area contributed by atoms with Gasteiger partial charge in [0.1, 0.15) is 11.5 Å². The van der Waals surface area contributed by atoms with Crippen molar-refractivity contribution in [3.63, 3.8) is 0 Å². The maximum atomic E-state index is 12.1. The molecule has 3 amide bonds. The summed E-state index contributed by atoms with van der Waals surface area (Å²) in [6.07, 6.45) is 1.39. The van der Waals surface area contributed by atoms with Gasteiger partial charge in [0.25, 0.3) is 5.91 Å². The van der Waals surface area contributed by atoms with Gasteiger partial charge in [-0.05, 0) is 66.6 Å². The standard InChI is InChI=1S/C26H26N4O5/c1-18(20-6-4-3-5-7-20)28-24(31)17-35-23-12-8-19(9-13-23)16-27-30-26(33)25(32)29-21-10-14-22(34-2)15-11-21/h3-16,18H,17H2,1-2H3,(H,28,31)(H,29,32)(H,30,33)/b27-16-/t18-/m1/s1. The average Bonchev–Trinajstić information content (AvgIpc) is 2.89. The number of benzene rings is 3. The first-order chi connectivity index (χ1) is 16.9. The van der Waals surface area contributed by atoms with Crippen molar-refractivity contribution in [2.45, 2.75) is 13.0 Å². The van der Waals surface area contributed by atoms with E-state index >= 15 is 0 Å². The highest BCUT2D eigenvalue weighted by Crippen LogP contribution is 2.15. The molecule has 0 unspecified atom stereocenters. The molecular formula is C26H26N4O5. The smallest absolute Gasteiger partial charge is 0.329 e. The molecule has 35 heavy (non-hydrogen) atoms. The number of nitrogens with zero attached hydrogens (tertiary/aromatic N) is 1. The summed E-state index contributed by atoms with van der Waals surface area (Å²) in [5.74, 6) is -0.853. The van der Waals surface area contributed by atoms with Gasteiger partial charge in [-0.3, -0.25) is 14.4 Å². The van der Waals surface area contributed by atoms with Crippen LogP contribution in [-0.4, -0.2) is 37.7 Å². The minimum absolute atomic E-state index is 0.121. The van der Waals surface area contributed by atoms with Crippen LogP contribution in [0.15, 0.2) is 84.0 Å². The van der Waals surface area contributed by atoms with Gasteiger partial charge in [0.2, 0.25) is 0 Å². The summed E-state index contributed by atoms with van der Waals surface area (Å²) in [6.45, 7) is 1.78. The lowest BCUT2D eigenvalue weighted by Crippen LogP contribution is -2.32. The number of hydrazone groups is 1. The monoisotopic (exact) mass is 474 g/mol. The molecule has 0 radical (unpaired) electrons. The molecule has 0 saturated carbocycles. The number of hydrogen-bond donors (Lipinski definition) is 3. The van der Waals surface area contributed by atoms with Gasteiger partial charge in [-0.1, -0.05) is 30.3 Å². The first kappa shape index (κ1) is 25.0. The van der Waals surface area contributed by atoms with E-state index in [4.69, 9.17) is 9.47 Å². The van der Waals surface area contributed by atoms with E-state index in [2.05, 4.69) is 21.2 Å². The number of rotatable bonds is 9. The van der Waals surface area contributed by atoms with Crippen LogP contribution in [0.2, 0.25) is 0 Å². The second-order valence-electron chi connectivity index (χ2n) is 7.44. The highest BCUT2D eigenvalue weighted by molar-refractivity contribution is 6.39. The normalized spacial score (nSPS) is 11.4. The van der Waals surface area contributed by atoms with Crippen molar-refractivity contribution in [3.05, 3.63) is 90.0 Å². The van der Waals surface area contributed by atoms with Crippen LogP contribution in [-0.2, 0) is 14.4 Å². The Morgan fingerprint density at radius 1 is 0.886 bits per heavy atom. The summed E-state index contributed by atoms with van der Waals surface area (Å²) < 4.78 is 10.6. The Morgan fingerprint density at radius 2 is 1.54 bits per heavy atom. The molecule has 0 aliphatic heterocycles. The van der Waals surface area contributed by atoms with Crippen LogP contribution < -0.4 is 25.5 Å². The van der Waals surface area contributed by atoms with Crippen LogP contribution in [0.3, 0.4) is 0 Å². The van der Waals surface area contributed by atoms with E-state index in [-0.39, 0.29) is 18.6 Å². The van der Waals surface area contributed by atoms with Crippen molar-refractivity contribution < 1.29 is 23.9 Å². The van der Waals surface area contributed by atoms with Gasteiger partial charge in [0.05, 0.1) is 19.4 Å².